The van der Waals surface area contributed by atoms with Crippen molar-refractivity contribution in [1.29, 1.82) is 0 Å². The van der Waals surface area contributed by atoms with Crippen LogP contribution >= 0.6 is 0 Å². The lowest BCUT2D eigenvalue weighted by Crippen LogP contribution is -2.46. The van der Waals surface area contributed by atoms with Gasteiger partial charge in [-0.25, -0.2) is 4.79 Å². The Morgan fingerprint density at radius 2 is 2.44 bits per heavy atom. The number of hydrogen-bond donors (Lipinski definition) is 2. The molecule has 0 spiro atoms. The number of aliphatic hydroxyl groups excluding tert-OH is 1. The second-order valence-electron chi connectivity index (χ2n) is 3.78. The van der Waals surface area contributed by atoms with Crippen molar-refractivity contribution in [2.45, 2.75) is 44.9 Å². The van der Waals surface area contributed by atoms with Crippen molar-refractivity contribution < 1.29 is 24.2 Å². The minimum atomic E-state index is -0.935. The summed E-state index contributed by atoms with van der Waals surface area (Å²) in [5.41, 5.74) is 0. The number of alkyl carbamates (subject to hydrolysis) is 1. The lowest BCUT2D eigenvalue weighted by Gasteiger charge is -2.25. The Kier molecular flexibility index (Phi) is 4.54. The van der Waals surface area contributed by atoms with Crippen molar-refractivity contribution in [3.05, 3.63) is 0 Å². The van der Waals surface area contributed by atoms with E-state index in [2.05, 4.69) is 10.1 Å². The Hall–Kier alpha value is -1.30. The van der Waals surface area contributed by atoms with Gasteiger partial charge in [-0.3, -0.25) is 4.79 Å². The normalized spacial score (nSPS) is 23.2. The molecule has 0 aromatic carbocycles. The Morgan fingerprint density at radius 1 is 1.75 bits per heavy atom. The maximum absolute atomic E-state index is 10.9. The number of carbonyl (C=O) groups excluding carboxylic acids is 2. The van der Waals surface area contributed by atoms with Crippen molar-refractivity contribution in [2.75, 3.05) is 6.61 Å². The van der Waals surface area contributed by atoms with Crippen LogP contribution < -0.4 is 5.32 Å². The molecule has 0 unspecified atom stereocenters. The van der Waals surface area contributed by atoms with Crippen LogP contribution in [0.3, 0.4) is 0 Å². The van der Waals surface area contributed by atoms with Gasteiger partial charge in [0.1, 0.15) is 18.8 Å². The zero-order chi connectivity index (χ0) is 12.1. The predicted molar refractivity (Wildman–Crippen MR) is 54.7 cm³/mol. The largest absolute Gasteiger partial charge is 0.460 e. The number of esters is 1. The number of cyclic esters (lactones) is 1. The summed E-state index contributed by atoms with van der Waals surface area (Å²) in [5.74, 6) is -0.442. The average Bonchev–Trinajstić information content (AvgIpc) is 2.62. The smallest absolute Gasteiger partial charge is 0.407 e. The Bertz CT molecular complexity index is 268. The number of hydrogen-bond acceptors (Lipinski definition) is 5. The molecule has 0 radical (unpaired) electrons. The van der Waals surface area contributed by atoms with Crippen LogP contribution in [0.15, 0.2) is 0 Å². The molecule has 0 saturated carbocycles. The number of ether oxygens (including phenoxy) is 2. The van der Waals surface area contributed by atoms with E-state index in [0.717, 1.165) is 6.42 Å². The molecule has 3 atom stereocenters. The van der Waals surface area contributed by atoms with Crippen LogP contribution in [-0.4, -0.2) is 42.0 Å². The SMILES string of the molecule is CCC[C@@H](OC(C)=O)[C@@H](O)[C@@H]1COC(=O)N1. The molecule has 16 heavy (non-hydrogen) atoms. The van der Waals surface area contributed by atoms with E-state index in [0.29, 0.717) is 6.42 Å². The minimum Gasteiger partial charge on any atom is -0.460 e. The van der Waals surface area contributed by atoms with Gasteiger partial charge in [-0.15, -0.1) is 0 Å². The Morgan fingerprint density at radius 3 is 2.88 bits per heavy atom. The van der Waals surface area contributed by atoms with Gasteiger partial charge in [0.25, 0.3) is 0 Å². The molecule has 1 amide bonds. The van der Waals surface area contributed by atoms with Gasteiger partial charge in [0, 0.05) is 6.92 Å². The number of amides is 1. The highest BCUT2D eigenvalue weighted by molar-refractivity contribution is 5.69. The highest BCUT2D eigenvalue weighted by Crippen LogP contribution is 2.14. The van der Waals surface area contributed by atoms with Crippen LogP contribution in [0.1, 0.15) is 26.7 Å². The third-order valence-electron chi connectivity index (χ3n) is 2.38. The van der Waals surface area contributed by atoms with Gasteiger partial charge in [-0.2, -0.15) is 0 Å². The monoisotopic (exact) mass is 231 g/mol. The maximum atomic E-state index is 10.9. The van der Waals surface area contributed by atoms with Crippen LogP contribution in [0.5, 0.6) is 0 Å². The van der Waals surface area contributed by atoms with Crippen molar-refractivity contribution in [3.63, 3.8) is 0 Å². The van der Waals surface area contributed by atoms with Gasteiger partial charge in [-0.1, -0.05) is 13.3 Å². The first-order valence-electron chi connectivity index (χ1n) is 5.33. The molecule has 0 aromatic heterocycles. The summed E-state index contributed by atoms with van der Waals surface area (Å²) < 4.78 is 9.67. The second-order valence-corrected chi connectivity index (χ2v) is 3.78. The zero-order valence-corrected chi connectivity index (χ0v) is 9.43. The molecule has 1 fully saturated rings. The van der Waals surface area contributed by atoms with E-state index in [-0.39, 0.29) is 6.61 Å². The molecule has 0 aliphatic carbocycles. The first-order chi connectivity index (χ1) is 7.54. The number of aliphatic hydroxyl groups is 1. The maximum Gasteiger partial charge on any atom is 0.407 e. The van der Waals surface area contributed by atoms with E-state index in [4.69, 9.17) is 4.74 Å². The lowest BCUT2D eigenvalue weighted by atomic mass is 10.0. The lowest BCUT2D eigenvalue weighted by molar-refractivity contribution is -0.153. The Labute approximate surface area is 93.9 Å². The minimum absolute atomic E-state index is 0.0987. The van der Waals surface area contributed by atoms with Crippen LogP contribution in [0.25, 0.3) is 0 Å². The molecule has 0 bridgehead atoms. The molecular formula is C10H17NO5. The quantitative estimate of drug-likeness (QED) is 0.660. The molecule has 1 saturated heterocycles. The van der Waals surface area contributed by atoms with Crippen molar-refractivity contribution >= 4 is 12.1 Å². The van der Waals surface area contributed by atoms with Crippen LogP contribution in [0.4, 0.5) is 4.79 Å². The number of nitrogens with one attached hydrogen (secondary N) is 1. The van der Waals surface area contributed by atoms with Crippen molar-refractivity contribution in [1.82, 2.24) is 5.32 Å². The molecule has 0 aromatic rings. The number of carbonyl (C=O) groups is 2. The summed E-state index contributed by atoms with van der Waals surface area (Å²) in [4.78, 5) is 21.7. The summed E-state index contributed by atoms with van der Waals surface area (Å²) in [6.07, 6.45) is -0.768. The molecule has 1 aliphatic rings. The molecule has 2 N–H and O–H groups in total. The summed E-state index contributed by atoms with van der Waals surface area (Å²) in [6.45, 7) is 3.31. The summed E-state index contributed by atoms with van der Waals surface area (Å²) >= 11 is 0. The summed E-state index contributed by atoms with van der Waals surface area (Å²) in [5, 5.41) is 12.4. The van der Waals surface area contributed by atoms with Gasteiger partial charge in [0.2, 0.25) is 0 Å². The molecule has 6 heteroatoms. The highest BCUT2D eigenvalue weighted by Gasteiger charge is 2.35. The third-order valence-corrected chi connectivity index (χ3v) is 2.38. The molecule has 1 heterocycles. The number of rotatable bonds is 5. The predicted octanol–water partition coefficient (Wildman–Crippen LogP) is 0.187. The van der Waals surface area contributed by atoms with E-state index < -0.39 is 30.3 Å². The van der Waals surface area contributed by atoms with E-state index in [9.17, 15) is 14.7 Å². The highest BCUT2D eigenvalue weighted by atomic mass is 16.6. The van der Waals surface area contributed by atoms with Crippen LogP contribution in [0.2, 0.25) is 0 Å². The first kappa shape index (κ1) is 12.8. The van der Waals surface area contributed by atoms with Crippen molar-refractivity contribution in [2.24, 2.45) is 0 Å². The van der Waals surface area contributed by atoms with E-state index in [1.807, 2.05) is 6.92 Å². The van der Waals surface area contributed by atoms with Gasteiger partial charge in [0.05, 0.1) is 6.04 Å². The second kappa shape index (κ2) is 5.69. The fourth-order valence-corrected chi connectivity index (χ4v) is 1.64. The fourth-order valence-electron chi connectivity index (χ4n) is 1.64. The standard InChI is InChI=1S/C10H17NO5/c1-3-4-8(16-6(2)12)9(13)7-5-15-10(14)11-7/h7-9,13H,3-5H2,1-2H3,(H,11,14)/t7-,8+,9-/m0/s1. The van der Waals surface area contributed by atoms with Gasteiger partial charge < -0.3 is 19.9 Å². The van der Waals surface area contributed by atoms with Crippen LogP contribution in [-0.2, 0) is 14.3 Å². The zero-order valence-electron chi connectivity index (χ0n) is 9.43. The van der Waals surface area contributed by atoms with E-state index >= 15 is 0 Å². The summed E-state index contributed by atoms with van der Waals surface area (Å²) in [7, 11) is 0. The van der Waals surface area contributed by atoms with Crippen molar-refractivity contribution in [3.8, 4) is 0 Å². The summed E-state index contributed by atoms with van der Waals surface area (Å²) in [6, 6.07) is -0.511. The molecule has 1 rings (SSSR count). The molecule has 1 aliphatic heterocycles. The van der Waals surface area contributed by atoms with Gasteiger partial charge in [-0.05, 0) is 6.42 Å². The Balaban J connectivity index is 2.55. The molecule has 6 nitrogen and oxygen atoms in total. The first-order valence-corrected chi connectivity index (χ1v) is 5.33. The fraction of sp³-hybridized carbons (Fsp3) is 0.800. The topological polar surface area (TPSA) is 84.9 Å². The average molecular weight is 231 g/mol. The van der Waals surface area contributed by atoms with E-state index in [1.54, 1.807) is 0 Å². The van der Waals surface area contributed by atoms with Crippen LogP contribution in [0, 0.1) is 0 Å². The molecule has 92 valence electrons. The van der Waals surface area contributed by atoms with Gasteiger partial charge in [0.15, 0.2) is 0 Å². The third kappa shape index (κ3) is 3.37. The van der Waals surface area contributed by atoms with Gasteiger partial charge >= 0.3 is 12.1 Å². The van der Waals surface area contributed by atoms with E-state index in [1.165, 1.54) is 6.92 Å². The molecular weight excluding hydrogens is 214 g/mol.